The van der Waals surface area contributed by atoms with Gasteiger partial charge in [-0.3, -0.25) is 0 Å². The summed E-state index contributed by atoms with van der Waals surface area (Å²) in [4.78, 5) is 0. The molecule has 0 atom stereocenters. The van der Waals surface area contributed by atoms with Crippen molar-refractivity contribution in [3.05, 3.63) is 77.3 Å². The van der Waals surface area contributed by atoms with E-state index >= 15 is 0 Å². The molecule has 5 heteroatoms. The van der Waals surface area contributed by atoms with Crippen LogP contribution in [0.1, 0.15) is 5.76 Å². The molecule has 4 aromatic rings. The third-order valence-electron chi connectivity index (χ3n) is 3.92. The summed E-state index contributed by atoms with van der Waals surface area (Å²) in [5, 5.41) is 4.50. The van der Waals surface area contributed by atoms with Gasteiger partial charge in [-0.1, -0.05) is 42.5 Å². The van der Waals surface area contributed by atoms with Gasteiger partial charge in [-0.2, -0.15) is 5.10 Å². The third kappa shape index (κ3) is 2.49. The molecule has 0 radical (unpaired) electrons. The fourth-order valence-corrected chi connectivity index (χ4v) is 2.92. The SMILES string of the molecule is Cn1c(=S)n(/N=C/c2ccc(-c3ccccc3)o2)c2ccccc21. The lowest BCUT2D eigenvalue weighted by Gasteiger charge is -1.96. The molecule has 0 fully saturated rings. The minimum Gasteiger partial charge on any atom is -0.455 e. The van der Waals surface area contributed by atoms with Gasteiger partial charge in [0, 0.05) is 12.6 Å². The predicted molar refractivity (Wildman–Crippen MR) is 98.9 cm³/mol. The number of imidazole rings is 1. The van der Waals surface area contributed by atoms with Crippen LogP contribution >= 0.6 is 12.2 Å². The summed E-state index contributed by atoms with van der Waals surface area (Å²) in [5.74, 6) is 1.50. The number of hydrogen-bond donors (Lipinski definition) is 0. The van der Waals surface area contributed by atoms with Crippen LogP contribution < -0.4 is 0 Å². The molecule has 2 heterocycles. The van der Waals surface area contributed by atoms with Gasteiger partial charge < -0.3 is 8.98 Å². The molecule has 4 rings (SSSR count). The van der Waals surface area contributed by atoms with Crippen molar-refractivity contribution < 1.29 is 4.42 Å². The van der Waals surface area contributed by atoms with E-state index in [-0.39, 0.29) is 0 Å². The van der Waals surface area contributed by atoms with Gasteiger partial charge in [0.1, 0.15) is 11.5 Å². The van der Waals surface area contributed by atoms with E-state index in [4.69, 9.17) is 16.6 Å². The topological polar surface area (TPSA) is 35.4 Å². The van der Waals surface area contributed by atoms with E-state index in [1.54, 1.807) is 10.9 Å². The molecule has 2 aromatic heterocycles. The molecule has 0 saturated carbocycles. The number of benzene rings is 2. The molecular weight excluding hydrogens is 318 g/mol. The molecule has 0 bridgehead atoms. The fraction of sp³-hybridized carbons (Fsp3) is 0.0526. The molecule has 0 aliphatic carbocycles. The number of rotatable bonds is 3. The number of para-hydroxylation sites is 2. The fourth-order valence-electron chi connectivity index (χ4n) is 2.68. The zero-order valence-electron chi connectivity index (χ0n) is 13.1. The van der Waals surface area contributed by atoms with Crippen molar-refractivity contribution in [3.8, 4) is 11.3 Å². The molecule has 0 unspecified atom stereocenters. The van der Waals surface area contributed by atoms with E-state index < -0.39 is 0 Å². The van der Waals surface area contributed by atoms with E-state index in [0.717, 1.165) is 22.4 Å². The molecule has 4 nitrogen and oxygen atoms in total. The minimum absolute atomic E-state index is 0.641. The Labute approximate surface area is 144 Å². The van der Waals surface area contributed by atoms with Crippen molar-refractivity contribution in [2.45, 2.75) is 0 Å². The number of aryl methyl sites for hydroxylation is 1. The highest BCUT2D eigenvalue weighted by Gasteiger charge is 2.07. The van der Waals surface area contributed by atoms with Crippen LogP contribution in [0.25, 0.3) is 22.4 Å². The first-order chi connectivity index (χ1) is 11.7. The first-order valence-electron chi connectivity index (χ1n) is 7.60. The van der Waals surface area contributed by atoms with Crippen LogP contribution in [0, 0.1) is 4.77 Å². The number of hydrogen-bond acceptors (Lipinski definition) is 3. The monoisotopic (exact) mass is 333 g/mol. The Balaban J connectivity index is 1.71. The Morgan fingerprint density at radius 2 is 1.62 bits per heavy atom. The lowest BCUT2D eigenvalue weighted by atomic mass is 10.2. The zero-order chi connectivity index (χ0) is 16.5. The van der Waals surface area contributed by atoms with Crippen molar-refractivity contribution in [1.29, 1.82) is 0 Å². The van der Waals surface area contributed by atoms with Crippen LogP contribution in [0.3, 0.4) is 0 Å². The first-order valence-corrected chi connectivity index (χ1v) is 8.01. The second-order valence-corrected chi connectivity index (χ2v) is 5.82. The highest BCUT2D eigenvalue weighted by atomic mass is 32.1. The average molecular weight is 333 g/mol. The van der Waals surface area contributed by atoms with E-state index in [9.17, 15) is 0 Å². The molecule has 0 amide bonds. The molecule has 0 N–H and O–H groups in total. The van der Waals surface area contributed by atoms with Crippen molar-refractivity contribution >= 4 is 29.5 Å². The smallest absolute Gasteiger partial charge is 0.201 e. The molecule has 2 aromatic carbocycles. The van der Waals surface area contributed by atoms with Crippen LogP contribution in [0.2, 0.25) is 0 Å². The maximum atomic E-state index is 5.85. The Morgan fingerprint density at radius 1 is 0.917 bits per heavy atom. The Kier molecular flexibility index (Phi) is 3.63. The Bertz CT molecular complexity index is 1090. The number of furan rings is 1. The van der Waals surface area contributed by atoms with Gasteiger partial charge in [0.2, 0.25) is 4.77 Å². The summed E-state index contributed by atoms with van der Waals surface area (Å²) >= 11 is 5.47. The predicted octanol–water partition coefficient (Wildman–Crippen LogP) is 4.85. The molecular formula is C19H15N3OS. The molecule has 24 heavy (non-hydrogen) atoms. The lowest BCUT2D eigenvalue weighted by molar-refractivity contribution is 0.574. The summed E-state index contributed by atoms with van der Waals surface area (Å²) in [6.45, 7) is 0. The summed E-state index contributed by atoms with van der Waals surface area (Å²) in [6, 6.07) is 21.8. The zero-order valence-corrected chi connectivity index (χ0v) is 13.9. The second-order valence-electron chi connectivity index (χ2n) is 5.45. The number of nitrogens with zero attached hydrogens (tertiary/aromatic N) is 3. The summed E-state index contributed by atoms with van der Waals surface area (Å²) in [6.07, 6.45) is 1.69. The van der Waals surface area contributed by atoms with Crippen molar-refractivity contribution in [2.75, 3.05) is 0 Å². The van der Waals surface area contributed by atoms with E-state index in [1.807, 2.05) is 78.3 Å². The van der Waals surface area contributed by atoms with Crippen molar-refractivity contribution in [3.63, 3.8) is 0 Å². The summed E-state index contributed by atoms with van der Waals surface area (Å²) < 4.78 is 10.2. The van der Waals surface area contributed by atoms with E-state index in [2.05, 4.69) is 5.10 Å². The normalized spacial score (nSPS) is 11.5. The molecule has 0 saturated heterocycles. The number of fused-ring (bicyclic) bond motifs is 1. The van der Waals surface area contributed by atoms with Gasteiger partial charge in [0.25, 0.3) is 0 Å². The van der Waals surface area contributed by atoms with E-state index in [1.165, 1.54) is 0 Å². The van der Waals surface area contributed by atoms with Gasteiger partial charge in [0.05, 0.1) is 17.2 Å². The second kappa shape index (κ2) is 5.94. The Hall–Kier alpha value is -2.92. The van der Waals surface area contributed by atoms with E-state index in [0.29, 0.717) is 10.5 Å². The molecule has 0 aliphatic rings. The molecule has 118 valence electrons. The standard InChI is InChI=1S/C19H15N3OS/c1-21-16-9-5-6-10-17(16)22(19(21)24)20-13-15-11-12-18(23-15)14-7-3-2-4-8-14/h2-13H,1H3/b20-13+. The quantitative estimate of drug-likeness (QED) is 0.397. The highest BCUT2D eigenvalue weighted by Crippen LogP contribution is 2.21. The largest absolute Gasteiger partial charge is 0.455 e. The Morgan fingerprint density at radius 3 is 2.42 bits per heavy atom. The summed E-state index contributed by atoms with van der Waals surface area (Å²) in [7, 11) is 1.94. The van der Waals surface area contributed by atoms with Gasteiger partial charge >= 0.3 is 0 Å². The first kappa shape index (κ1) is 14.7. The van der Waals surface area contributed by atoms with Gasteiger partial charge in [-0.25, -0.2) is 4.68 Å². The van der Waals surface area contributed by atoms with Crippen LogP contribution in [0.4, 0.5) is 0 Å². The lowest BCUT2D eigenvalue weighted by Crippen LogP contribution is -1.92. The third-order valence-corrected chi connectivity index (χ3v) is 4.37. The van der Waals surface area contributed by atoms with Crippen LogP contribution in [-0.4, -0.2) is 15.5 Å². The highest BCUT2D eigenvalue weighted by molar-refractivity contribution is 7.71. The molecule has 0 spiro atoms. The molecule has 0 aliphatic heterocycles. The van der Waals surface area contributed by atoms with Crippen LogP contribution in [0.5, 0.6) is 0 Å². The van der Waals surface area contributed by atoms with Crippen LogP contribution in [0.15, 0.2) is 76.2 Å². The van der Waals surface area contributed by atoms with Gasteiger partial charge in [0.15, 0.2) is 0 Å². The average Bonchev–Trinajstić information content (AvgIpc) is 3.19. The van der Waals surface area contributed by atoms with Crippen molar-refractivity contribution in [2.24, 2.45) is 12.1 Å². The van der Waals surface area contributed by atoms with Crippen molar-refractivity contribution in [1.82, 2.24) is 9.24 Å². The minimum atomic E-state index is 0.641. The maximum absolute atomic E-state index is 5.85. The maximum Gasteiger partial charge on any atom is 0.201 e. The van der Waals surface area contributed by atoms with Gasteiger partial charge in [-0.05, 0) is 36.5 Å². The summed E-state index contributed by atoms with van der Waals surface area (Å²) in [5.41, 5.74) is 3.05. The van der Waals surface area contributed by atoms with Gasteiger partial charge in [-0.15, -0.1) is 0 Å². The van der Waals surface area contributed by atoms with Crippen LogP contribution in [-0.2, 0) is 7.05 Å². The number of aromatic nitrogens is 2.